The molecule has 0 radical (unpaired) electrons. The summed E-state index contributed by atoms with van der Waals surface area (Å²) in [5.74, 6) is -2.11. The number of benzene rings is 2. The van der Waals surface area contributed by atoms with E-state index in [4.69, 9.17) is 12.2 Å². The molecule has 9 heteroatoms. The van der Waals surface area contributed by atoms with E-state index in [1.54, 1.807) is 12.3 Å². The molecular formula is C24H21N3O4S2. The zero-order chi connectivity index (χ0) is 23.5. The van der Waals surface area contributed by atoms with Crippen molar-refractivity contribution in [3.05, 3.63) is 76.3 Å². The standard InChI is InChI=1S/C24H21N3O4S2/c1-14-6-8-15(9-7-14)10-20-22(29)27(24(32)33-20)13-21(28)26-19(23(30)31)11-16-12-25-18-5-3-2-4-17(16)18/h2-10,12,19,25H,11,13H2,1H3,(H,26,28)(H,30,31)/b20-10+/t19-/m0/s1. The number of aromatic nitrogens is 1. The van der Waals surface area contributed by atoms with Gasteiger partial charge in [-0.1, -0.05) is 72.0 Å². The average molecular weight is 480 g/mol. The molecule has 0 saturated carbocycles. The van der Waals surface area contributed by atoms with Gasteiger partial charge in [0, 0.05) is 23.5 Å². The molecule has 1 aliphatic rings. The average Bonchev–Trinajstić information content (AvgIpc) is 3.31. The number of nitrogens with zero attached hydrogens (tertiary/aromatic N) is 1. The lowest BCUT2D eigenvalue weighted by Gasteiger charge is -2.18. The minimum Gasteiger partial charge on any atom is -0.480 e. The van der Waals surface area contributed by atoms with E-state index in [0.29, 0.717) is 4.91 Å². The quantitative estimate of drug-likeness (QED) is 0.354. The van der Waals surface area contributed by atoms with Crippen molar-refractivity contribution in [1.29, 1.82) is 0 Å². The summed E-state index contributed by atoms with van der Waals surface area (Å²) < 4.78 is 0.261. The van der Waals surface area contributed by atoms with E-state index < -0.39 is 17.9 Å². The SMILES string of the molecule is Cc1ccc(/C=C2/SC(=S)N(CC(=O)N[C@@H](Cc3c[nH]c4ccccc34)C(=O)O)C2=O)cc1. The van der Waals surface area contributed by atoms with Crippen molar-refractivity contribution in [3.63, 3.8) is 0 Å². The molecule has 33 heavy (non-hydrogen) atoms. The van der Waals surface area contributed by atoms with Gasteiger partial charge in [0.05, 0.1) is 4.91 Å². The Bertz CT molecular complexity index is 1280. The van der Waals surface area contributed by atoms with E-state index >= 15 is 0 Å². The van der Waals surface area contributed by atoms with Crippen molar-refractivity contribution >= 4 is 63.1 Å². The fourth-order valence-electron chi connectivity index (χ4n) is 3.55. The first-order valence-electron chi connectivity index (χ1n) is 10.2. The van der Waals surface area contributed by atoms with Crippen LogP contribution in [0.1, 0.15) is 16.7 Å². The topological polar surface area (TPSA) is 102 Å². The Hall–Kier alpha value is -3.43. The fraction of sp³-hybridized carbons (Fsp3) is 0.167. The van der Waals surface area contributed by atoms with Crippen LogP contribution in [0, 0.1) is 6.92 Å². The molecule has 0 aliphatic carbocycles. The second kappa shape index (κ2) is 9.60. The van der Waals surface area contributed by atoms with Crippen molar-refractivity contribution in [3.8, 4) is 0 Å². The van der Waals surface area contributed by atoms with Crippen molar-refractivity contribution in [2.24, 2.45) is 0 Å². The van der Waals surface area contributed by atoms with Crippen molar-refractivity contribution < 1.29 is 19.5 Å². The molecule has 3 N–H and O–H groups in total. The summed E-state index contributed by atoms with van der Waals surface area (Å²) in [6.07, 6.45) is 3.58. The van der Waals surface area contributed by atoms with Crippen LogP contribution in [0.3, 0.4) is 0 Å². The number of H-pyrrole nitrogens is 1. The van der Waals surface area contributed by atoms with Crippen molar-refractivity contribution in [1.82, 2.24) is 15.2 Å². The first-order chi connectivity index (χ1) is 15.8. The summed E-state index contributed by atoms with van der Waals surface area (Å²) in [5.41, 5.74) is 3.64. The smallest absolute Gasteiger partial charge is 0.326 e. The first-order valence-corrected chi connectivity index (χ1v) is 11.4. The van der Waals surface area contributed by atoms with E-state index in [1.807, 2.05) is 55.5 Å². The van der Waals surface area contributed by atoms with Gasteiger partial charge in [0.1, 0.15) is 16.9 Å². The molecule has 0 bridgehead atoms. The Kier molecular flexibility index (Phi) is 6.62. The number of para-hydroxylation sites is 1. The predicted molar refractivity (Wildman–Crippen MR) is 133 cm³/mol. The molecule has 3 aromatic rings. The number of aryl methyl sites for hydroxylation is 1. The van der Waals surface area contributed by atoms with Crippen LogP contribution in [-0.2, 0) is 20.8 Å². The number of carbonyl (C=O) groups is 3. The highest BCUT2D eigenvalue weighted by Gasteiger charge is 2.34. The highest BCUT2D eigenvalue weighted by Crippen LogP contribution is 2.32. The fourth-order valence-corrected chi connectivity index (χ4v) is 4.81. The monoisotopic (exact) mass is 479 g/mol. The number of carboxylic acid groups (broad SMARTS) is 1. The number of nitrogens with one attached hydrogen (secondary N) is 2. The van der Waals surface area contributed by atoms with Gasteiger partial charge < -0.3 is 15.4 Å². The van der Waals surface area contributed by atoms with Crippen LogP contribution >= 0.6 is 24.0 Å². The molecule has 1 fully saturated rings. The predicted octanol–water partition coefficient (Wildman–Crippen LogP) is 3.49. The number of carboxylic acids is 1. The summed E-state index contributed by atoms with van der Waals surface area (Å²) in [6, 6.07) is 14.1. The molecule has 168 valence electrons. The Balaban J connectivity index is 1.43. The molecule has 1 atom stereocenters. The Morgan fingerprint density at radius 2 is 1.94 bits per heavy atom. The van der Waals surface area contributed by atoms with E-state index in [0.717, 1.165) is 39.4 Å². The largest absolute Gasteiger partial charge is 0.480 e. The maximum Gasteiger partial charge on any atom is 0.326 e. The molecule has 2 aromatic carbocycles. The van der Waals surface area contributed by atoms with Crippen LogP contribution in [-0.4, -0.2) is 49.7 Å². The van der Waals surface area contributed by atoms with Crippen LogP contribution in [0.2, 0.25) is 0 Å². The number of amides is 2. The third-order valence-corrected chi connectivity index (χ3v) is 6.66. The van der Waals surface area contributed by atoms with Gasteiger partial charge in [-0.15, -0.1) is 0 Å². The molecule has 7 nitrogen and oxygen atoms in total. The summed E-state index contributed by atoms with van der Waals surface area (Å²) in [6.45, 7) is 1.64. The molecule has 4 rings (SSSR count). The van der Waals surface area contributed by atoms with Crippen LogP contribution in [0.4, 0.5) is 0 Å². The van der Waals surface area contributed by atoms with E-state index in [9.17, 15) is 19.5 Å². The molecule has 1 aromatic heterocycles. The number of carbonyl (C=O) groups excluding carboxylic acids is 2. The van der Waals surface area contributed by atoms with Crippen LogP contribution in [0.25, 0.3) is 17.0 Å². The van der Waals surface area contributed by atoms with Crippen LogP contribution in [0.15, 0.2) is 59.6 Å². The second-order valence-corrected chi connectivity index (χ2v) is 9.38. The number of rotatable bonds is 7. The maximum absolute atomic E-state index is 12.8. The zero-order valence-corrected chi connectivity index (χ0v) is 19.3. The third kappa shape index (κ3) is 5.15. The summed E-state index contributed by atoms with van der Waals surface area (Å²) in [5, 5.41) is 13.1. The first kappa shape index (κ1) is 22.8. The molecule has 2 heterocycles. The van der Waals surface area contributed by atoms with E-state index in [2.05, 4.69) is 10.3 Å². The molecular weight excluding hydrogens is 458 g/mol. The van der Waals surface area contributed by atoms with Gasteiger partial charge in [-0.25, -0.2) is 4.79 Å². The second-order valence-electron chi connectivity index (χ2n) is 7.70. The number of aromatic amines is 1. The minimum atomic E-state index is -1.15. The zero-order valence-electron chi connectivity index (χ0n) is 17.7. The highest BCUT2D eigenvalue weighted by molar-refractivity contribution is 8.26. The van der Waals surface area contributed by atoms with E-state index in [1.165, 1.54) is 4.90 Å². The number of fused-ring (bicyclic) bond motifs is 1. The Morgan fingerprint density at radius 3 is 2.67 bits per heavy atom. The van der Waals surface area contributed by atoms with Crippen LogP contribution in [0.5, 0.6) is 0 Å². The van der Waals surface area contributed by atoms with Gasteiger partial charge in [0.25, 0.3) is 5.91 Å². The molecule has 0 spiro atoms. The van der Waals surface area contributed by atoms with Crippen molar-refractivity contribution in [2.75, 3.05) is 6.54 Å². The van der Waals surface area contributed by atoms with Crippen molar-refractivity contribution in [2.45, 2.75) is 19.4 Å². The number of hydrogen-bond acceptors (Lipinski definition) is 5. The maximum atomic E-state index is 12.8. The number of thioether (sulfide) groups is 1. The number of hydrogen-bond donors (Lipinski definition) is 3. The van der Waals surface area contributed by atoms with Gasteiger partial charge in [0.15, 0.2) is 0 Å². The molecule has 2 amide bonds. The molecule has 1 saturated heterocycles. The lowest BCUT2D eigenvalue weighted by atomic mass is 10.0. The van der Waals surface area contributed by atoms with Gasteiger partial charge >= 0.3 is 5.97 Å². The summed E-state index contributed by atoms with van der Waals surface area (Å²) in [4.78, 5) is 41.9. The normalized spacial score (nSPS) is 15.9. The van der Waals surface area contributed by atoms with Gasteiger partial charge in [-0.05, 0) is 30.2 Å². The summed E-state index contributed by atoms with van der Waals surface area (Å²) in [7, 11) is 0. The van der Waals surface area contributed by atoms with Gasteiger partial charge in [-0.3, -0.25) is 14.5 Å². The Morgan fingerprint density at radius 1 is 1.21 bits per heavy atom. The number of thiocarbonyl (C=S) groups is 1. The lowest BCUT2D eigenvalue weighted by Crippen LogP contribution is -2.47. The van der Waals surface area contributed by atoms with Gasteiger partial charge in [0.2, 0.25) is 5.91 Å². The molecule has 0 unspecified atom stereocenters. The molecule has 1 aliphatic heterocycles. The van der Waals surface area contributed by atoms with Gasteiger partial charge in [-0.2, -0.15) is 0 Å². The highest BCUT2D eigenvalue weighted by atomic mass is 32.2. The Labute approximate surface area is 199 Å². The van der Waals surface area contributed by atoms with Crippen LogP contribution < -0.4 is 5.32 Å². The van der Waals surface area contributed by atoms with E-state index in [-0.39, 0.29) is 23.2 Å². The lowest BCUT2D eigenvalue weighted by molar-refractivity contribution is -0.141. The third-order valence-electron chi connectivity index (χ3n) is 5.28. The minimum absolute atomic E-state index is 0.108. The number of aliphatic carboxylic acids is 1. The summed E-state index contributed by atoms with van der Waals surface area (Å²) >= 11 is 6.41.